The zero-order valence-corrected chi connectivity index (χ0v) is 9.85. The third-order valence-corrected chi connectivity index (χ3v) is 2.43. The lowest BCUT2D eigenvalue weighted by Crippen LogP contribution is -1.96. The maximum atomic E-state index is 12.8. The highest BCUT2D eigenvalue weighted by Gasteiger charge is 2.07. The summed E-state index contributed by atoms with van der Waals surface area (Å²) < 4.78 is 18.1. The fourth-order valence-electron chi connectivity index (χ4n) is 1.58. The van der Waals surface area contributed by atoms with Crippen molar-refractivity contribution in [1.29, 1.82) is 5.26 Å². The summed E-state index contributed by atoms with van der Waals surface area (Å²) in [4.78, 5) is 4.21. The topological polar surface area (TPSA) is 45.9 Å². The Morgan fingerprint density at radius 2 is 2.06 bits per heavy atom. The van der Waals surface area contributed by atoms with E-state index in [1.807, 2.05) is 6.92 Å². The van der Waals surface area contributed by atoms with Crippen molar-refractivity contribution in [2.75, 3.05) is 6.61 Å². The van der Waals surface area contributed by atoms with E-state index in [4.69, 9.17) is 10.00 Å². The number of ether oxygens (including phenoxy) is 1. The van der Waals surface area contributed by atoms with Gasteiger partial charge in [0.25, 0.3) is 0 Å². The largest absolute Gasteiger partial charge is 0.491 e. The highest BCUT2D eigenvalue weighted by Crippen LogP contribution is 2.23. The Bertz CT molecular complexity index is 588. The van der Waals surface area contributed by atoms with Crippen molar-refractivity contribution in [3.8, 4) is 23.1 Å². The minimum Gasteiger partial charge on any atom is -0.491 e. The highest BCUT2D eigenvalue weighted by molar-refractivity contribution is 5.62. The molecule has 0 amide bonds. The third-order valence-electron chi connectivity index (χ3n) is 2.43. The number of hydrogen-bond donors (Lipinski definition) is 0. The molecule has 0 aliphatic heterocycles. The van der Waals surface area contributed by atoms with Crippen molar-refractivity contribution in [1.82, 2.24) is 4.98 Å². The van der Waals surface area contributed by atoms with E-state index in [2.05, 4.69) is 11.1 Å². The lowest BCUT2D eigenvalue weighted by atomic mass is 10.1. The molecule has 90 valence electrons. The molecule has 0 atom stereocenters. The van der Waals surface area contributed by atoms with Crippen LogP contribution in [0.2, 0.25) is 0 Å². The molecule has 0 unspecified atom stereocenters. The van der Waals surface area contributed by atoms with Crippen molar-refractivity contribution in [2.45, 2.75) is 6.92 Å². The number of rotatable bonds is 3. The molecule has 1 aromatic heterocycles. The molecule has 1 aromatic carbocycles. The average molecular weight is 242 g/mol. The Hall–Kier alpha value is -2.41. The quantitative estimate of drug-likeness (QED) is 0.830. The molecule has 0 fully saturated rings. The fourth-order valence-corrected chi connectivity index (χ4v) is 1.58. The fraction of sp³-hybridized carbons (Fsp3) is 0.143. The van der Waals surface area contributed by atoms with Gasteiger partial charge in [-0.15, -0.1) is 0 Å². The van der Waals surface area contributed by atoms with Crippen LogP contribution in [-0.4, -0.2) is 11.6 Å². The van der Waals surface area contributed by atoms with Crippen molar-refractivity contribution in [3.05, 3.63) is 47.9 Å². The minimum absolute atomic E-state index is 0.301. The van der Waals surface area contributed by atoms with Crippen molar-refractivity contribution >= 4 is 0 Å². The molecule has 0 N–H and O–H groups in total. The zero-order chi connectivity index (χ0) is 13.0. The number of hydrogen-bond acceptors (Lipinski definition) is 3. The van der Waals surface area contributed by atoms with Gasteiger partial charge in [0.2, 0.25) is 0 Å². The molecule has 18 heavy (non-hydrogen) atoms. The molecule has 4 heteroatoms. The normalized spacial score (nSPS) is 9.83. The molecular weight excluding hydrogens is 231 g/mol. The first-order chi connectivity index (χ1) is 8.74. The maximum absolute atomic E-state index is 12.8. The molecule has 0 spiro atoms. The van der Waals surface area contributed by atoms with Crippen LogP contribution in [0.4, 0.5) is 4.39 Å². The van der Waals surface area contributed by atoms with Crippen molar-refractivity contribution in [3.63, 3.8) is 0 Å². The van der Waals surface area contributed by atoms with Crippen molar-refractivity contribution < 1.29 is 9.13 Å². The van der Waals surface area contributed by atoms with Crippen LogP contribution in [0.5, 0.6) is 5.75 Å². The first-order valence-corrected chi connectivity index (χ1v) is 5.53. The van der Waals surface area contributed by atoms with E-state index in [1.165, 1.54) is 18.3 Å². The van der Waals surface area contributed by atoms with Gasteiger partial charge in [0.1, 0.15) is 11.9 Å². The lowest BCUT2D eigenvalue weighted by Gasteiger charge is -2.06. The summed E-state index contributed by atoms with van der Waals surface area (Å²) in [6.45, 7) is 2.32. The van der Waals surface area contributed by atoms with Gasteiger partial charge in [-0.25, -0.2) is 4.39 Å². The molecule has 0 aliphatic carbocycles. The number of aromatic nitrogens is 1. The number of halogens is 1. The second-order valence-corrected chi connectivity index (χ2v) is 3.62. The summed E-state index contributed by atoms with van der Waals surface area (Å²) in [6.07, 6.45) is 1.51. The summed E-state index contributed by atoms with van der Waals surface area (Å²) in [5, 5.41) is 9.04. The van der Waals surface area contributed by atoms with Crippen LogP contribution in [0.3, 0.4) is 0 Å². The molecule has 0 radical (unpaired) electrons. The number of nitrogens with zero attached hydrogens (tertiary/aromatic N) is 2. The van der Waals surface area contributed by atoms with E-state index in [0.717, 1.165) is 5.56 Å². The van der Waals surface area contributed by atoms with Crippen LogP contribution in [-0.2, 0) is 0 Å². The van der Waals surface area contributed by atoms with Gasteiger partial charge in [-0.2, -0.15) is 5.26 Å². The van der Waals surface area contributed by atoms with E-state index in [0.29, 0.717) is 23.6 Å². The molecule has 2 rings (SSSR count). The van der Waals surface area contributed by atoms with E-state index < -0.39 is 0 Å². The Balaban J connectivity index is 2.41. The molecule has 0 saturated carbocycles. The van der Waals surface area contributed by atoms with Crippen LogP contribution >= 0.6 is 0 Å². The van der Waals surface area contributed by atoms with Gasteiger partial charge in [0.05, 0.1) is 24.1 Å². The van der Waals surface area contributed by atoms with Gasteiger partial charge in [0.15, 0.2) is 5.75 Å². The van der Waals surface area contributed by atoms with Gasteiger partial charge in [-0.1, -0.05) is 0 Å². The van der Waals surface area contributed by atoms with Crippen LogP contribution in [0.25, 0.3) is 11.3 Å². The Morgan fingerprint density at radius 3 is 2.67 bits per heavy atom. The summed E-state index contributed by atoms with van der Waals surface area (Å²) in [5.74, 6) is 0.163. The van der Waals surface area contributed by atoms with Crippen LogP contribution in [0.1, 0.15) is 12.5 Å². The summed E-state index contributed by atoms with van der Waals surface area (Å²) in [7, 11) is 0. The minimum atomic E-state index is -0.301. The summed E-state index contributed by atoms with van der Waals surface area (Å²) in [6, 6.07) is 9.67. The standard InChI is InChI=1S/C14H11FN2O/c1-2-18-14-9-17-13(7-11(14)8-16)10-3-5-12(15)6-4-10/h3-7,9H,2H2,1H3. The number of benzene rings is 1. The summed E-state index contributed by atoms with van der Waals surface area (Å²) >= 11 is 0. The second kappa shape index (κ2) is 5.28. The SMILES string of the molecule is CCOc1cnc(-c2ccc(F)cc2)cc1C#N. The monoisotopic (exact) mass is 242 g/mol. The molecule has 2 aromatic rings. The first-order valence-electron chi connectivity index (χ1n) is 5.53. The second-order valence-electron chi connectivity index (χ2n) is 3.62. The molecule has 0 bridgehead atoms. The van der Waals surface area contributed by atoms with E-state index in [1.54, 1.807) is 18.2 Å². The van der Waals surface area contributed by atoms with Gasteiger partial charge >= 0.3 is 0 Å². The van der Waals surface area contributed by atoms with Crippen LogP contribution < -0.4 is 4.74 Å². The predicted octanol–water partition coefficient (Wildman–Crippen LogP) is 3.16. The molecule has 0 aliphatic rings. The lowest BCUT2D eigenvalue weighted by molar-refractivity contribution is 0.338. The van der Waals surface area contributed by atoms with Crippen LogP contribution in [0.15, 0.2) is 36.5 Å². The van der Waals surface area contributed by atoms with Gasteiger partial charge in [-0.3, -0.25) is 4.98 Å². The van der Waals surface area contributed by atoms with Gasteiger partial charge in [0, 0.05) is 5.56 Å². The van der Waals surface area contributed by atoms with Gasteiger partial charge in [-0.05, 0) is 37.3 Å². The third kappa shape index (κ3) is 2.46. The van der Waals surface area contributed by atoms with E-state index >= 15 is 0 Å². The Kier molecular flexibility index (Phi) is 3.54. The molecule has 0 saturated heterocycles. The zero-order valence-electron chi connectivity index (χ0n) is 9.85. The Morgan fingerprint density at radius 1 is 1.33 bits per heavy atom. The van der Waals surface area contributed by atoms with Crippen molar-refractivity contribution in [2.24, 2.45) is 0 Å². The number of pyridine rings is 1. The first kappa shape index (κ1) is 12.1. The van der Waals surface area contributed by atoms with Crippen LogP contribution in [0, 0.1) is 17.1 Å². The Labute approximate surface area is 104 Å². The smallest absolute Gasteiger partial charge is 0.155 e. The van der Waals surface area contributed by atoms with E-state index in [9.17, 15) is 4.39 Å². The molecule has 1 heterocycles. The molecule has 3 nitrogen and oxygen atoms in total. The van der Waals surface area contributed by atoms with Gasteiger partial charge < -0.3 is 4.74 Å². The molecular formula is C14H11FN2O. The highest BCUT2D eigenvalue weighted by atomic mass is 19.1. The predicted molar refractivity (Wildman–Crippen MR) is 65.5 cm³/mol. The van der Waals surface area contributed by atoms with E-state index in [-0.39, 0.29) is 5.82 Å². The maximum Gasteiger partial charge on any atom is 0.155 e. The average Bonchev–Trinajstić information content (AvgIpc) is 2.40. The number of nitriles is 1. The summed E-state index contributed by atoms with van der Waals surface area (Å²) in [5.41, 5.74) is 1.80.